The van der Waals surface area contributed by atoms with Gasteiger partial charge in [-0.15, -0.1) is 0 Å². The van der Waals surface area contributed by atoms with Gasteiger partial charge in [-0.2, -0.15) is 12.6 Å². The number of rotatable bonds is 11. The molecule has 2 atom stereocenters. The summed E-state index contributed by atoms with van der Waals surface area (Å²) in [5.74, 6) is -4.15. The van der Waals surface area contributed by atoms with Crippen LogP contribution in [-0.2, 0) is 24.0 Å². The van der Waals surface area contributed by atoms with E-state index in [2.05, 4.69) is 28.6 Å². The molecule has 0 rings (SSSR count). The van der Waals surface area contributed by atoms with Crippen molar-refractivity contribution in [1.82, 2.24) is 16.0 Å². The van der Waals surface area contributed by atoms with E-state index in [0.717, 1.165) is 0 Å². The molecule has 0 spiro atoms. The lowest BCUT2D eigenvalue weighted by Gasteiger charge is -2.21. The zero-order chi connectivity index (χ0) is 18.7. The summed E-state index contributed by atoms with van der Waals surface area (Å²) in [5.41, 5.74) is 10.2. The summed E-state index contributed by atoms with van der Waals surface area (Å²) in [6, 6.07) is -2.24. The number of primary amides is 1. The second-order valence-corrected chi connectivity index (χ2v) is 5.05. The lowest BCUT2D eigenvalue weighted by atomic mass is 10.1. The molecule has 2 unspecified atom stereocenters. The minimum absolute atomic E-state index is 0.0804. The Labute approximate surface area is 143 Å². The molecule has 24 heavy (non-hydrogen) atoms. The molecule has 0 aromatic heterocycles. The fraction of sp³-hybridized carbons (Fsp3) is 0.583. The van der Waals surface area contributed by atoms with E-state index in [1.54, 1.807) is 0 Å². The van der Waals surface area contributed by atoms with Crippen molar-refractivity contribution in [3.63, 3.8) is 0 Å². The third-order valence-corrected chi connectivity index (χ3v) is 3.11. The number of carboxylic acid groups (broad SMARTS) is 1. The Bertz CT molecular complexity index is 500. The van der Waals surface area contributed by atoms with E-state index in [0.29, 0.717) is 0 Å². The maximum absolute atomic E-state index is 12.2. The van der Waals surface area contributed by atoms with Gasteiger partial charge in [0.15, 0.2) is 0 Å². The number of aliphatic carboxylic acids is 1. The number of hydrogen-bond donors (Lipinski definition) is 7. The quantitative estimate of drug-likeness (QED) is 0.183. The first kappa shape index (κ1) is 21.7. The van der Waals surface area contributed by atoms with Gasteiger partial charge in [-0.1, -0.05) is 0 Å². The molecule has 0 heterocycles. The Balaban J connectivity index is 4.84. The summed E-state index contributed by atoms with van der Waals surface area (Å²) in [4.78, 5) is 56.5. The molecule has 0 saturated heterocycles. The number of amides is 4. The summed E-state index contributed by atoms with van der Waals surface area (Å²) < 4.78 is 0. The zero-order valence-electron chi connectivity index (χ0n) is 12.8. The van der Waals surface area contributed by atoms with Crippen molar-refractivity contribution in [2.45, 2.75) is 24.9 Å². The van der Waals surface area contributed by atoms with Crippen LogP contribution in [0, 0.1) is 0 Å². The Hall–Kier alpha value is -2.34. The number of nitrogens with one attached hydrogen (secondary N) is 3. The highest BCUT2D eigenvalue weighted by molar-refractivity contribution is 7.80. The second kappa shape index (κ2) is 11.2. The molecule has 0 saturated carbocycles. The standard InChI is InChI=1S/C12H21N5O6S/c13-3-9(19)16-6(1-2-8(14)18)12(23)17-7(5-24)11(22)15-4-10(20)21/h6-7,24H,1-5,13H2,(H2,14,18)(H,15,22)(H,16,19)(H,17,23)(H,20,21). The summed E-state index contributed by atoms with van der Waals surface area (Å²) >= 11 is 3.91. The van der Waals surface area contributed by atoms with E-state index in [1.165, 1.54) is 0 Å². The van der Waals surface area contributed by atoms with Crippen LogP contribution in [0.4, 0.5) is 0 Å². The lowest BCUT2D eigenvalue weighted by molar-refractivity contribution is -0.138. The number of carbonyl (C=O) groups excluding carboxylic acids is 4. The van der Waals surface area contributed by atoms with Gasteiger partial charge in [-0.25, -0.2) is 0 Å². The highest BCUT2D eigenvalue weighted by Gasteiger charge is 2.26. The molecule has 0 fully saturated rings. The van der Waals surface area contributed by atoms with Gasteiger partial charge >= 0.3 is 5.97 Å². The van der Waals surface area contributed by atoms with Gasteiger partial charge in [0.1, 0.15) is 18.6 Å². The number of carbonyl (C=O) groups is 5. The summed E-state index contributed by atoms with van der Waals surface area (Å²) in [6.45, 7) is -0.983. The van der Waals surface area contributed by atoms with E-state index < -0.39 is 48.2 Å². The minimum atomic E-state index is -1.25. The monoisotopic (exact) mass is 363 g/mol. The molecule has 0 aromatic rings. The van der Waals surface area contributed by atoms with E-state index in [4.69, 9.17) is 16.6 Å². The molecule has 136 valence electrons. The first-order valence-electron chi connectivity index (χ1n) is 6.89. The predicted molar refractivity (Wildman–Crippen MR) is 85.8 cm³/mol. The van der Waals surface area contributed by atoms with Crippen LogP contribution in [-0.4, -0.2) is 65.6 Å². The van der Waals surface area contributed by atoms with E-state index in [9.17, 15) is 24.0 Å². The zero-order valence-corrected chi connectivity index (χ0v) is 13.7. The van der Waals surface area contributed by atoms with Gasteiger partial charge < -0.3 is 32.5 Å². The van der Waals surface area contributed by atoms with Gasteiger partial charge in [0.25, 0.3) is 0 Å². The Morgan fingerprint density at radius 2 is 1.67 bits per heavy atom. The van der Waals surface area contributed by atoms with E-state index in [-0.39, 0.29) is 25.1 Å². The molecule has 0 aliphatic rings. The van der Waals surface area contributed by atoms with Crippen LogP contribution in [0.25, 0.3) is 0 Å². The molecule has 0 aromatic carbocycles. The number of hydrogen-bond acceptors (Lipinski definition) is 7. The SMILES string of the molecule is NCC(=O)NC(CCC(N)=O)C(=O)NC(CS)C(=O)NCC(=O)O. The van der Waals surface area contributed by atoms with Gasteiger partial charge in [0, 0.05) is 12.2 Å². The van der Waals surface area contributed by atoms with Crippen molar-refractivity contribution >= 4 is 42.2 Å². The maximum Gasteiger partial charge on any atom is 0.322 e. The average Bonchev–Trinajstić information content (AvgIpc) is 2.53. The Morgan fingerprint density at radius 3 is 2.12 bits per heavy atom. The van der Waals surface area contributed by atoms with Gasteiger partial charge in [0.2, 0.25) is 23.6 Å². The van der Waals surface area contributed by atoms with E-state index in [1.807, 2.05) is 0 Å². The molecule has 0 aliphatic carbocycles. The minimum Gasteiger partial charge on any atom is -0.480 e. The van der Waals surface area contributed by atoms with Crippen LogP contribution in [0.3, 0.4) is 0 Å². The molecule has 0 bridgehead atoms. The second-order valence-electron chi connectivity index (χ2n) is 4.68. The Morgan fingerprint density at radius 1 is 1.04 bits per heavy atom. The van der Waals surface area contributed by atoms with Crippen LogP contribution in [0.5, 0.6) is 0 Å². The molecular formula is C12H21N5O6S. The lowest BCUT2D eigenvalue weighted by Crippen LogP contribution is -2.55. The average molecular weight is 363 g/mol. The maximum atomic E-state index is 12.2. The third kappa shape index (κ3) is 8.95. The van der Waals surface area contributed by atoms with Crippen molar-refractivity contribution in [2.24, 2.45) is 11.5 Å². The Kier molecular flexibility index (Phi) is 10.1. The van der Waals surface area contributed by atoms with Crippen LogP contribution in [0.1, 0.15) is 12.8 Å². The molecule has 0 radical (unpaired) electrons. The number of thiol groups is 1. The van der Waals surface area contributed by atoms with Crippen molar-refractivity contribution < 1.29 is 29.1 Å². The van der Waals surface area contributed by atoms with Crippen LogP contribution in [0.2, 0.25) is 0 Å². The van der Waals surface area contributed by atoms with Gasteiger partial charge in [-0.3, -0.25) is 24.0 Å². The first-order chi connectivity index (χ1) is 11.2. The highest BCUT2D eigenvalue weighted by Crippen LogP contribution is 2.00. The molecule has 12 heteroatoms. The fourth-order valence-corrected chi connectivity index (χ4v) is 1.82. The molecule has 4 amide bonds. The predicted octanol–water partition coefficient (Wildman–Crippen LogP) is -3.69. The molecule has 0 aliphatic heterocycles. The summed E-state index contributed by atoms with van der Waals surface area (Å²) in [6.07, 6.45) is -0.247. The first-order valence-corrected chi connectivity index (χ1v) is 7.53. The van der Waals surface area contributed by atoms with Gasteiger partial charge in [0.05, 0.1) is 6.54 Å². The summed E-state index contributed by atoms with van der Waals surface area (Å²) in [7, 11) is 0. The highest BCUT2D eigenvalue weighted by atomic mass is 32.1. The van der Waals surface area contributed by atoms with E-state index >= 15 is 0 Å². The normalized spacial score (nSPS) is 12.6. The topological polar surface area (TPSA) is 194 Å². The molecule has 8 N–H and O–H groups in total. The number of carboxylic acids is 1. The summed E-state index contributed by atoms with van der Waals surface area (Å²) in [5, 5.41) is 15.2. The fourth-order valence-electron chi connectivity index (χ4n) is 1.56. The molecular weight excluding hydrogens is 342 g/mol. The van der Waals surface area contributed by atoms with Crippen molar-refractivity contribution in [3.8, 4) is 0 Å². The van der Waals surface area contributed by atoms with Crippen LogP contribution >= 0.6 is 12.6 Å². The van der Waals surface area contributed by atoms with Crippen molar-refractivity contribution in [2.75, 3.05) is 18.8 Å². The van der Waals surface area contributed by atoms with Crippen molar-refractivity contribution in [3.05, 3.63) is 0 Å². The largest absolute Gasteiger partial charge is 0.480 e. The molecule has 11 nitrogen and oxygen atoms in total. The van der Waals surface area contributed by atoms with Crippen molar-refractivity contribution in [1.29, 1.82) is 0 Å². The van der Waals surface area contributed by atoms with Crippen LogP contribution < -0.4 is 27.4 Å². The van der Waals surface area contributed by atoms with Crippen LogP contribution in [0.15, 0.2) is 0 Å². The van der Waals surface area contributed by atoms with Gasteiger partial charge in [-0.05, 0) is 6.42 Å². The number of nitrogens with two attached hydrogens (primary N) is 2. The smallest absolute Gasteiger partial charge is 0.322 e. The third-order valence-electron chi connectivity index (χ3n) is 2.75.